The summed E-state index contributed by atoms with van der Waals surface area (Å²) in [4.78, 5) is 22.9. The van der Waals surface area contributed by atoms with E-state index >= 15 is 0 Å². The number of hydrogen-bond donors (Lipinski definition) is 3. The van der Waals surface area contributed by atoms with Gasteiger partial charge in [0, 0.05) is 25.0 Å². The molecule has 0 aliphatic carbocycles. The van der Waals surface area contributed by atoms with Crippen molar-refractivity contribution in [2.24, 2.45) is 10.7 Å². The molecule has 9 heteroatoms. The molecule has 142 valence electrons. The molecule has 28 heavy (non-hydrogen) atoms. The number of carbonyl (C=O) groups is 1. The van der Waals surface area contributed by atoms with Gasteiger partial charge in [-0.2, -0.15) is 5.10 Å². The largest absolute Gasteiger partial charge is 0.507 e. The van der Waals surface area contributed by atoms with Crippen molar-refractivity contribution in [3.8, 4) is 17.0 Å². The summed E-state index contributed by atoms with van der Waals surface area (Å²) in [7, 11) is 1.52. The minimum atomic E-state index is -1.51. The molecule has 4 rings (SSSR count). The molecule has 0 spiro atoms. The second kappa shape index (κ2) is 6.45. The third-order valence-corrected chi connectivity index (χ3v) is 4.80. The Labute approximate surface area is 159 Å². The number of aromatic nitrogens is 3. The van der Waals surface area contributed by atoms with Crippen LogP contribution in [0.2, 0.25) is 0 Å². The summed E-state index contributed by atoms with van der Waals surface area (Å²) in [5.41, 5.74) is 6.46. The Morgan fingerprint density at radius 1 is 1.25 bits per heavy atom. The molecule has 2 aromatic heterocycles. The highest BCUT2D eigenvalue weighted by atomic mass is 19.1. The van der Waals surface area contributed by atoms with Gasteiger partial charge in [0.2, 0.25) is 0 Å². The molecule has 3 aromatic rings. The number of guanidine groups is 1. The highest BCUT2D eigenvalue weighted by Gasteiger charge is 2.49. The summed E-state index contributed by atoms with van der Waals surface area (Å²) >= 11 is 0. The maximum Gasteiger partial charge on any atom is 0.266 e. The van der Waals surface area contributed by atoms with Crippen LogP contribution in [0, 0.1) is 0 Å². The van der Waals surface area contributed by atoms with Crippen LogP contribution in [0.4, 0.5) is 4.39 Å². The third kappa shape index (κ3) is 2.51. The third-order valence-electron chi connectivity index (χ3n) is 4.80. The minimum Gasteiger partial charge on any atom is -0.507 e. The number of pyridine rings is 1. The van der Waals surface area contributed by atoms with Crippen molar-refractivity contribution in [3.63, 3.8) is 0 Å². The van der Waals surface area contributed by atoms with Crippen molar-refractivity contribution in [1.29, 1.82) is 0 Å². The number of amides is 1. The Morgan fingerprint density at radius 3 is 2.68 bits per heavy atom. The number of hydrogen-bond acceptors (Lipinski definition) is 6. The van der Waals surface area contributed by atoms with Crippen molar-refractivity contribution in [2.45, 2.75) is 12.2 Å². The van der Waals surface area contributed by atoms with Gasteiger partial charge in [-0.25, -0.2) is 9.38 Å². The zero-order chi connectivity index (χ0) is 19.9. The van der Waals surface area contributed by atoms with Gasteiger partial charge in [0.1, 0.15) is 12.4 Å². The number of phenols is 1. The zero-order valence-corrected chi connectivity index (χ0v) is 14.9. The van der Waals surface area contributed by atoms with Gasteiger partial charge in [-0.15, -0.1) is 0 Å². The first kappa shape index (κ1) is 17.7. The van der Waals surface area contributed by atoms with Crippen LogP contribution in [-0.4, -0.2) is 44.1 Å². The van der Waals surface area contributed by atoms with E-state index in [0.29, 0.717) is 22.4 Å². The second-order valence-electron chi connectivity index (χ2n) is 6.41. The maximum absolute atomic E-state index is 13.3. The van der Waals surface area contributed by atoms with Crippen molar-refractivity contribution in [1.82, 2.24) is 20.1 Å². The lowest BCUT2D eigenvalue weighted by Gasteiger charge is -2.26. The predicted molar refractivity (Wildman–Crippen MR) is 99.9 cm³/mol. The van der Waals surface area contributed by atoms with E-state index in [9.17, 15) is 14.3 Å². The number of nitrogens with two attached hydrogens (primary N) is 1. The van der Waals surface area contributed by atoms with Crippen LogP contribution in [0.3, 0.4) is 0 Å². The first-order valence-electron chi connectivity index (χ1n) is 8.46. The van der Waals surface area contributed by atoms with Crippen molar-refractivity contribution in [2.75, 3.05) is 7.05 Å². The second-order valence-corrected chi connectivity index (χ2v) is 6.41. The number of H-pyrrole nitrogens is 1. The molecule has 3 heterocycles. The first-order valence-corrected chi connectivity index (χ1v) is 8.46. The molecule has 0 fully saturated rings. The van der Waals surface area contributed by atoms with Crippen LogP contribution in [0.5, 0.6) is 5.75 Å². The van der Waals surface area contributed by atoms with Gasteiger partial charge in [-0.1, -0.05) is 6.07 Å². The van der Waals surface area contributed by atoms with Crippen molar-refractivity contribution in [3.05, 3.63) is 65.6 Å². The average molecular weight is 380 g/mol. The zero-order valence-electron chi connectivity index (χ0n) is 14.9. The fourth-order valence-corrected chi connectivity index (χ4v) is 3.34. The number of nitrogens with one attached hydrogen (secondary N) is 1. The standard InChI is InChI=1S/C19H17FN6O2/c1-26-17(28)19(24-18(26)21,12-4-6-22-13(8-12)10-20)11-2-3-16(27)14(9-11)15-5-7-23-25-15/h2-9,27H,10H2,1H3,(H2,21,24)(H,23,25). The SMILES string of the molecule is CN1C(=O)C(c2ccnc(CF)c2)(c2ccc(O)c(-c3cc[nH]n3)c2)N=C1N. The van der Waals surface area contributed by atoms with Gasteiger partial charge >= 0.3 is 0 Å². The molecule has 4 N–H and O–H groups in total. The van der Waals surface area contributed by atoms with E-state index in [1.54, 1.807) is 30.5 Å². The van der Waals surface area contributed by atoms with Crippen LogP contribution >= 0.6 is 0 Å². The summed E-state index contributed by atoms with van der Waals surface area (Å²) in [6.07, 6.45) is 3.05. The van der Waals surface area contributed by atoms with Gasteiger partial charge in [-0.3, -0.25) is 19.8 Å². The number of nitrogens with zero attached hydrogens (tertiary/aromatic N) is 4. The Morgan fingerprint density at radius 2 is 2.04 bits per heavy atom. The lowest BCUT2D eigenvalue weighted by Crippen LogP contribution is -2.41. The Balaban J connectivity index is 1.98. The molecule has 1 aliphatic heterocycles. The Hall–Kier alpha value is -3.75. The molecule has 0 saturated carbocycles. The van der Waals surface area contributed by atoms with Gasteiger partial charge in [0.05, 0.1) is 11.4 Å². The van der Waals surface area contributed by atoms with Gasteiger partial charge in [-0.05, 0) is 41.5 Å². The molecule has 1 aliphatic rings. The number of likely N-dealkylation sites (N-methyl/N-ethyl adjacent to an activating group) is 1. The number of aromatic amines is 1. The van der Waals surface area contributed by atoms with E-state index in [0.717, 1.165) is 0 Å². The number of rotatable bonds is 4. The summed E-state index contributed by atoms with van der Waals surface area (Å²) in [5, 5.41) is 17.1. The van der Waals surface area contributed by atoms with Crippen LogP contribution in [0.1, 0.15) is 16.8 Å². The molecule has 1 atom stereocenters. The van der Waals surface area contributed by atoms with Gasteiger partial charge in [0.25, 0.3) is 5.91 Å². The van der Waals surface area contributed by atoms with E-state index in [-0.39, 0.29) is 23.3 Å². The Bertz CT molecular complexity index is 1080. The Kier molecular flexibility index (Phi) is 4.07. The molecular formula is C19H17FN6O2. The molecule has 0 radical (unpaired) electrons. The maximum atomic E-state index is 13.3. The quantitative estimate of drug-likeness (QED) is 0.636. The molecule has 0 bridgehead atoms. The number of benzene rings is 1. The number of halogens is 1. The molecule has 0 saturated heterocycles. The van der Waals surface area contributed by atoms with E-state index in [1.165, 1.54) is 30.3 Å². The van der Waals surface area contributed by atoms with Crippen molar-refractivity contribution < 1.29 is 14.3 Å². The van der Waals surface area contributed by atoms with E-state index < -0.39 is 12.2 Å². The molecule has 1 unspecified atom stereocenters. The normalized spacial score (nSPS) is 19.1. The van der Waals surface area contributed by atoms with E-state index in [2.05, 4.69) is 20.2 Å². The summed E-state index contributed by atoms with van der Waals surface area (Å²) < 4.78 is 13.2. The summed E-state index contributed by atoms with van der Waals surface area (Å²) in [6, 6.07) is 9.49. The fraction of sp³-hybridized carbons (Fsp3) is 0.158. The van der Waals surface area contributed by atoms with Crippen molar-refractivity contribution >= 4 is 11.9 Å². The molecular weight excluding hydrogens is 363 g/mol. The molecule has 1 aromatic carbocycles. The van der Waals surface area contributed by atoms with Crippen LogP contribution in [0.25, 0.3) is 11.3 Å². The molecule has 8 nitrogen and oxygen atoms in total. The topological polar surface area (TPSA) is 120 Å². The van der Waals surface area contributed by atoms with Crippen LogP contribution in [-0.2, 0) is 17.0 Å². The number of aromatic hydroxyl groups is 1. The number of alkyl halides is 1. The highest BCUT2D eigenvalue weighted by Crippen LogP contribution is 2.42. The van der Waals surface area contributed by atoms with Crippen LogP contribution in [0.15, 0.2) is 53.8 Å². The number of carbonyl (C=O) groups excluding carboxylic acids is 1. The van der Waals surface area contributed by atoms with Crippen LogP contribution < -0.4 is 5.73 Å². The van der Waals surface area contributed by atoms with E-state index in [4.69, 9.17) is 5.73 Å². The predicted octanol–water partition coefficient (Wildman–Crippen LogP) is 1.68. The van der Waals surface area contributed by atoms with Gasteiger partial charge < -0.3 is 10.8 Å². The fourth-order valence-electron chi connectivity index (χ4n) is 3.34. The lowest BCUT2D eigenvalue weighted by molar-refractivity contribution is -0.129. The van der Waals surface area contributed by atoms with E-state index in [1.807, 2.05) is 0 Å². The average Bonchev–Trinajstić information content (AvgIpc) is 3.32. The minimum absolute atomic E-state index is 0.000859. The van der Waals surface area contributed by atoms with Gasteiger partial charge in [0.15, 0.2) is 11.5 Å². The number of aliphatic imine (C=N–C) groups is 1. The summed E-state index contributed by atoms with van der Waals surface area (Å²) in [5.74, 6) is -0.349. The number of phenolic OH excluding ortho intramolecular Hbond substituents is 1. The summed E-state index contributed by atoms with van der Waals surface area (Å²) in [6.45, 7) is -0.777. The first-order chi connectivity index (χ1) is 13.5. The molecule has 1 amide bonds. The highest BCUT2D eigenvalue weighted by molar-refractivity contribution is 6.09. The smallest absolute Gasteiger partial charge is 0.266 e. The monoisotopic (exact) mass is 380 g/mol. The lowest BCUT2D eigenvalue weighted by atomic mass is 9.82.